The fourth-order valence-electron chi connectivity index (χ4n) is 2.94. The first-order valence-corrected chi connectivity index (χ1v) is 8.50. The molecule has 0 spiro atoms. The minimum Gasteiger partial charge on any atom is -0.353 e. The van der Waals surface area contributed by atoms with Crippen molar-refractivity contribution in [2.45, 2.75) is 32.7 Å². The van der Waals surface area contributed by atoms with Crippen LogP contribution in [0.2, 0.25) is 0 Å². The summed E-state index contributed by atoms with van der Waals surface area (Å²) in [5.41, 5.74) is 0.333. The van der Waals surface area contributed by atoms with Crippen molar-refractivity contribution in [1.82, 2.24) is 15.5 Å². The molecule has 24 heavy (non-hydrogen) atoms. The SMILES string of the molecule is C[C@@H]1CCCN([C@@H](C)CNC(=O)CNC(=O)c2ccc(F)cc2)C1. The molecule has 1 saturated heterocycles. The van der Waals surface area contributed by atoms with Crippen molar-refractivity contribution in [3.05, 3.63) is 35.6 Å². The Balaban J connectivity index is 1.69. The van der Waals surface area contributed by atoms with Crippen LogP contribution in [0.25, 0.3) is 0 Å². The Kier molecular flexibility index (Phi) is 6.73. The van der Waals surface area contributed by atoms with Gasteiger partial charge in [0.05, 0.1) is 6.54 Å². The molecule has 0 saturated carbocycles. The fourth-order valence-corrected chi connectivity index (χ4v) is 2.94. The Morgan fingerprint density at radius 3 is 2.67 bits per heavy atom. The van der Waals surface area contributed by atoms with E-state index in [1.54, 1.807) is 0 Å². The number of benzene rings is 1. The van der Waals surface area contributed by atoms with Crippen LogP contribution >= 0.6 is 0 Å². The van der Waals surface area contributed by atoms with Crippen molar-refractivity contribution in [1.29, 1.82) is 0 Å². The molecule has 1 aromatic carbocycles. The highest BCUT2D eigenvalue weighted by Gasteiger charge is 2.21. The molecule has 132 valence electrons. The zero-order chi connectivity index (χ0) is 17.5. The van der Waals surface area contributed by atoms with Gasteiger partial charge in [0.2, 0.25) is 5.91 Å². The first-order valence-electron chi connectivity index (χ1n) is 8.50. The molecule has 1 aromatic rings. The van der Waals surface area contributed by atoms with Crippen LogP contribution in [0.15, 0.2) is 24.3 Å². The van der Waals surface area contributed by atoms with Crippen LogP contribution in [0.3, 0.4) is 0 Å². The van der Waals surface area contributed by atoms with Gasteiger partial charge in [-0.15, -0.1) is 0 Å². The maximum atomic E-state index is 12.8. The average Bonchev–Trinajstić information content (AvgIpc) is 2.58. The Hall–Kier alpha value is -1.95. The van der Waals surface area contributed by atoms with Crippen molar-refractivity contribution in [2.24, 2.45) is 5.92 Å². The molecule has 1 aliphatic heterocycles. The summed E-state index contributed by atoms with van der Waals surface area (Å²) in [6.45, 7) is 6.98. The van der Waals surface area contributed by atoms with E-state index in [1.807, 2.05) is 0 Å². The number of hydrogen-bond donors (Lipinski definition) is 2. The van der Waals surface area contributed by atoms with Gasteiger partial charge in [0, 0.05) is 24.7 Å². The third-order valence-corrected chi connectivity index (χ3v) is 4.42. The summed E-state index contributed by atoms with van der Waals surface area (Å²) >= 11 is 0. The predicted molar refractivity (Wildman–Crippen MR) is 91.2 cm³/mol. The van der Waals surface area contributed by atoms with E-state index in [0.29, 0.717) is 18.0 Å². The molecule has 1 aliphatic rings. The molecule has 1 fully saturated rings. The van der Waals surface area contributed by atoms with Crippen LogP contribution in [0.5, 0.6) is 0 Å². The Morgan fingerprint density at radius 2 is 2.00 bits per heavy atom. The molecule has 5 nitrogen and oxygen atoms in total. The van der Waals surface area contributed by atoms with Gasteiger partial charge in [-0.05, 0) is 56.5 Å². The second-order valence-electron chi connectivity index (χ2n) is 6.59. The molecule has 0 radical (unpaired) electrons. The predicted octanol–water partition coefficient (Wildman–Crippen LogP) is 1.79. The second-order valence-corrected chi connectivity index (χ2v) is 6.59. The largest absolute Gasteiger partial charge is 0.353 e. The lowest BCUT2D eigenvalue weighted by Crippen LogP contribution is -2.47. The van der Waals surface area contributed by atoms with E-state index in [4.69, 9.17) is 0 Å². The van der Waals surface area contributed by atoms with Gasteiger partial charge in [0.1, 0.15) is 5.82 Å². The molecule has 2 rings (SSSR count). The normalized spacial score (nSPS) is 19.5. The first-order chi connectivity index (χ1) is 11.5. The number of likely N-dealkylation sites (tertiary alicyclic amines) is 1. The quantitative estimate of drug-likeness (QED) is 0.833. The Bertz CT molecular complexity index is 562. The molecular formula is C18H26FN3O2. The summed E-state index contributed by atoms with van der Waals surface area (Å²) in [5, 5.41) is 5.40. The van der Waals surface area contributed by atoms with Crippen molar-refractivity contribution in [2.75, 3.05) is 26.2 Å². The van der Waals surface area contributed by atoms with Crippen LogP contribution in [0.1, 0.15) is 37.0 Å². The lowest BCUT2D eigenvalue weighted by Gasteiger charge is -2.35. The number of hydrogen-bond acceptors (Lipinski definition) is 3. The van der Waals surface area contributed by atoms with E-state index < -0.39 is 5.82 Å². The van der Waals surface area contributed by atoms with Gasteiger partial charge in [-0.25, -0.2) is 4.39 Å². The van der Waals surface area contributed by atoms with Crippen molar-refractivity contribution >= 4 is 11.8 Å². The van der Waals surface area contributed by atoms with Gasteiger partial charge in [-0.3, -0.25) is 14.5 Å². The van der Waals surface area contributed by atoms with Crippen LogP contribution in [-0.2, 0) is 4.79 Å². The number of halogens is 1. The van der Waals surface area contributed by atoms with Crippen LogP contribution in [0.4, 0.5) is 4.39 Å². The minimum absolute atomic E-state index is 0.0840. The second kappa shape index (κ2) is 8.78. The standard InChI is InChI=1S/C18H26FN3O2/c1-13-4-3-9-22(12-13)14(2)10-20-17(23)11-21-18(24)15-5-7-16(19)8-6-15/h5-8,13-14H,3-4,9-12H2,1-2H3,(H,20,23)(H,21,24)/t13-,14+/m1/s1. The molecule has 2 atom stereocenters. The topological polar surface area (TPSA) is 61.4 Å². The van der Waals surface area contributed by atoms with Gasteiger partial charge in [-0.2, -0.15) is 0 Å². The average molecular weight is 335 g/mol. The number of carbonyl (C=O) groups excluding carboxylic acids is 2. The highest BCUT2D eigenvalue weighted by atomic mass is 19.1. The lowest BCUT2D eigenvalue weighted by molar-refractivity contribution is -0.120. The Morgan fingerprint density at radius 1 is 1.29 bits per heavy atom. The van der Waals surface area contributed by atoms with Gasteiger partial charge >= 0.3 is 0 Å². The Labute approximate surface area is 142 Å². The van der Waals surface area contributed by atoms with Gasteiger partial charge in [0.25, 0.3) is 5.91 Å². The highest BCUT2D eigenvalue weighted by molar-refractivity contribution is 5.96. The van der Waals surface area contributed by atoms with Crippen molar-refractivity contribution < 1.29 is 14.0 Å². The molecule has 0 unspecified atom stereocenters. The van der Waals surface area contributed by atoms with Crippen LogP contribution in [-0.4, -0.2) is 48.9 Å². The van der Waals surface area contributed by atoms with Gasteiger partial charge in [-0.1, -0.05) is 6.92 Å². The first kappa shape index (κ1) is 18.4. The lowest BCUT2D eigenvalue weighted by atomic mass is 9.99. The zero-order valence-electron chi connectivity index (χ0n) is 14.3. The van der Waals surface area contributed by atoms with E-state index in [9.17, 15) is 14.0 Å². The molecule has 1 heterocycles. The van der Waals surface area contributed by atoms with Crippen LogP contribution in [0, 0.1) is 11.7 Å². The molecule has 0 bridgehead atoms. The summed E-state index contributed by atoms with van der Waals surface area (Å²) in [6.07, 6.45) is 2.47. The molecular weight excluding hydrogens is 309 g/mol. The maximum absolute atomic E-state index is 12.8. The smallest absolute Gasteiger partial charge is 0.251 e. The van der Waals surface area contributed by atoms with E-state index >= 15 is 0 Å². The third-order valence-electron chi connectivity index (χ3n) is 4.42. The van der Waals surface area contributed by atoms with Gasteiger partial charge in [0.15, 0.2) is 0 Å². The molecule has 2 N–H and O–H groups in total. The number of nitrogens with zero attached hydrogens (tertiary/aromatic N) is 1. The molecule has 6 heteroatoms. The fraction of sp³-hybridized carbons (Fsp3) is 0.556. The van der Waals surface area contributed by atoms with E-state index in [-0.39, 0.29) is 24.4 Å². The number of piperidine rings is 1. The summed E-state index contributed by atoms with van der Waals surface area (Å²) < 4.78 is 12.8. The maximum Gasteiger partial charge on any atom is 0.251 e. The molecule has 2 amide bonds. The number of nitrogens with one attached hydrogen (secondary N) is 2. The molecule has 0 aromatic heterocycles. The number of rotatable bonds is 6. The van der Waals surface area contributed by atoms with E-state index in [2.05, 4.69) is 29.4 Å². The summed E-state index contributed by atoms with van der Waals surface area (Å²) in [7, 11) is 0. The van der Waals surface area contributed by atoms with Gasteiger partial charge < -0.3 is 10.6 Å². The zero-order valence-corrected chi connectivity index (χ0v) is 14.3. The number of amides is 2. The van der Waals surface area contributed by atoms with Crippen molar-refractivity contribution in [3.63, 3.8) is 0 Å². The van der Waals surface area contributed by atoms with E-state index in [1.165, 1.54) is 37.1 Å². The minimum atomic E-state index is -0.398. The summed E-state index contributed by atoms with van der Waals surface area (Å²) in [6, 6.07) is 5.50. The number of carbonyl (C=O) groups is 2. The summed E-state index contributed by atoms with van der Waals surface area (Å²) in [4.78, 5) is 26.1. The monoisotopic (exact) mass is 335 g/mol. The van der Waals surface area contributed by atoms with E-state index in [0.717, 1.165) is 13.1 Å². The van der Waals surface area contributed by atoms with Crippen LogP contribution < -0.4 is 10.6 Å². The highest BCUT2D eigenvalue weighted by Crippen LogP contribution is 2.17. The van der Waals surface area contributed by atoms with Crippen molar-refractivity contribution in [3.8, 4) is 0 Å². The molecule has 0 aliphatic carbocycles. The third kappa shape index (κ3) is 5.60. The summed E-state index contributed by atoms with van der Waals surface area (Å²) in [5.74, 6) is -0.303.